The molecule has 0 aromatic heterocycles. The van der Waals surface area contributed by atoms with E-state index in [1.807, 2.05) is 31.3 Å². The van der Waals surface area contributed by atoms with E-state index in [0.29, 0.717) is 13.1 Å². The lowest BCUT2D eigenvalue weighted by Crippen LogP contribution is -2.57. The van der Waals surface area contributed by atoms with Crippen LogP contribution in [0.5, 0.6) is 5.75 Å². The molecule has 1 unspecified atom stereocenters. The number of anilines is 1. The minimum absolute atomic E-state index is 0.0772. The van der Waals surface area contributed by atoms with Crippen LogP contribution in [0.4, 0.5) is 5.69 Å². The Morgan fingerprint density at radius 2 is 2.06 bits per heavy atom. The highest BCUT2D eigenvalue weighted by molar-refractivity contribution is 5.83. The standard InChI is InChI=1S/C13H19N3O2/c1-15-11(7-14)8-16(9-13(15)17)10-3-5-12(18-2)6-4-10/h3-6,11H,7-9,14H2,1-2H3. The molecule has 5 heteroatoms. The number of benzene rings is 1. The van der Waals surface area contributed by atoms with Crippen molar-refractivity contribution in [1.82, 2.24) is 4.90 Å². The molecule has 2 rings (SSSR count). The van der Waals surface area contributed by atoms with Gasteiger partial charge in [-0.25, -0.2) is 0 Å². The summed E-state index contributed by atoms with van der Waals surface area (Å²) < 4.78 is 5.12. The van der Waals surface area contributed by atoms with Crippen LogP contribution in [0.3, 0.4) is 0 Å². The molecule has 0 spiro atoms. The number of likely N-dealkylation sites (N-methyl/N-ethyl adjacent to an activating group) is 1. The average molecular weight is 249 g/mol. The minimum Gasteiger partial charge on any atom is -0.497 e. The Morgan fingerprint density at radius 1 is 1.39 bits per heavy atom. The Bertz CT molecular complexity index is 419. The fraction of sp³-hybridized carbons (Fsp3) is 0.462. The summed E-state index contributed by atoms with van der Waals surface area (Å²) >= 11 is 0. The van der Waals surface area contributed by atoms with Crippen molar-refractivity contribution >= 4 is 11.6 Å². The van der Waals surface area contributed by atoms with Crippen molar-refractivity contribution in [1.29, 1.82) is 0 Å². The Kier molecular flexibility index (Phi) is 3.72. The van der Waals surface area contributed by atoms with Gasteiger partial charge in [0.05, 0.1) is 19.7 Å². The molecule has 18 heavy (non-hydrogen) atoms. The normalized spacial score (nSPS) is 20.2. The first-order valence-corrected chi connectivity index (χ1v) is 6.00. The number of ether oxygens (including phenoxy) is 1. The average Bonchev–Trinajstić information content (AvgIpc) is 2.42. The summed E-state index contributed by atoms with van der Waals surface area (Å²) in [4.78, 5) is 15.7. The first-order valence-electron chi connectivity index (χ1n) is 6.00. The number of amides is 1. The monoisotopic (exact) mass is 249 g/mol. The van der Waals surface area contributed by atoms with Crippen LogP contribution in [0, 0.1) is 0 Å². The highest BCUT2D eigenvalue weighted by Gasteiger charge is 2.28. The number of carbonyl (C=O) groups excluding carboxylic acids is 1. The maximum absolute atomic E-state index is 11.9. The Hall–Kier alpha value is -1.75. The Balaban J connectivity index is 2.15. The van der Waals surface area contributed by atoms with E-state index in [1.165, 1.54) is 0 Å². The molecule has 2 N–H and O–H groups in total. The lowest BCUT2D eigenvalue weighted by atomic mass is 10.1. The summed E-state index contributed by atoms with van der Waals surface area (Å²) in [5, 5.41) is 0. The van der Waals surface area contributed by atoms with E-state index in [2.05, 4.69) is 4.90 Å². The van der Waals surface area contributed by atoms with E-state index >= 15 is 0 Å². The van der Waals surface area contributed by atoms with Gasteiger partial charge in [-0.3, -0.25) is 4.79 Å². The van der Waals surface area contributed by atoms with Gasteiger partial charge >= 0.3 is 0 Å². The molecule has 0 radical (unpaired) electrons. The number of carbonyl (C=O) groups is 1. The molecule has 0 bridgehead atoms. The van der Waals surface area contributed by atoms with Crippen LogP contribution in [0.25, 0.3) is 0 Å². The van der Waals surface area contributed by atoms with Crippen LogP contribution in [0.2, 0.25) is 0 Å². The van der Waals surface area contributed by atoms with E-state index in [-0.39, 0.29) is 11.9 Å². The fourth-order valence-electron chi connectivity index (χ4n) is 2.14. The van der Waals surface area contributed by atoms with Crippen LogP contribution >= 0.6 is 0 Å². The van der Waals surface area contributed by atoms with Gasteiger partial charge in [-0.1, -0.05) is 0 Å². The molecule has 1 atom stereocenters. The number of rotatable bonds is 3. The van der Waals surface area contributed by atoms with Gasteiger partial charge in [-0.2, -0.15) is 0 Å². The van der Waals surface area contributed by atoms with Crippen LogP contribution in [-0.4, -0.2) is 50.6 Å². The van der Waals surface area contributed by atoms with E-state index < -0.39 is 0 Å². The van der Waals surface area contributed by atoms with Crippen LogP contribution in [-0.2, 0) is 4.79 Å². The molecule has 98 valence electrons. The van der Waals surface area contributed by atoms with Crippen molar-refractivity contribution in [2.45, 2.75) is 6.04 Å². The maximum Gasteiger partial charge on any atom is 0.242 e. The van der Waals surface area contributed by atoms with E-state index in [1.54, 1.807) is 12.0 Å². The van der Waals surface area contributed by atoms with E-state index in [9.17, 15) is 4.79 Å². The lowest BCUT2D eigenvalue weighted by Gasteiger charge is -2.39. The zero-order valence-electron chi connectivity index (χ0n) is 10.8. The molecule has 1 saturated heterocycles. The Labute approximate surface area is 107 Å². The van der Waals surface area contributed by atoms with Gasteiger partial charge in [0.25, 0.3) is 0 Å². The van der Waals surface area contributed by atoms with Gasteiger partial charge < -0.3 is 20.3 Å². The third-order valence-electron chi connectivity index (χ3n) is 3.41. The molecular formula is C13H19N3O2. The second-order valence-electron chi connectivity index (χ2n) is 4.47. The molecule has 1 fully saturated rings. The molecule has 5 nitrogen and oxygen atoms in total. The molecule has 1 amide bonds. The number of nitrogens with two attached hydrogens (primary N) is 1. The molecule has 0 aliphatic carbocycles. The molecule has 1 heterocycles. The molecule has 1 aromatic carbocycles. The minimum atomic E-state index is 0.0772. The maximum atomic E-state index is 11.9. The predicted molar refractivity (Wildman–Crippen MR) is 70.8 cm³/mol. The van der Waals surface area contributed by atoms with Crippen LogP contribution in [0.1, 0.15) is 0 Å². The van der Waals surface area contributed by atoms with Gasteiger partial charge in [-0.05, 0) is 24.3 Å². The summed E-state index contributed by atoms with van der Waals surface area (Å²) in [6.07, 6.45) is 0. The fourth-order valence-corrected chi connectivity index (χ4v) is 2.14. The number of piperazine rings is 1. The van der Waals surface area contributed by atoms with Crippen LogP contribution in [0.15, 0.2) is 24.3 Å². The topological polar surface area (TPSA) is 58.8 Å². The predicted octanol–water partition coefficient (Wildman–Crippen LogP) is 0.301. The third-order valence-corrected chi connectivity index (χ3v) is 3.41. The quantitative estimate of drug-likeness (QED) is 0.837. The summed E-state index contributed by atoms with van der Waals surface area (Å²) in [6, 6.07) is 7.80. The van der Waals surface area contributed by atoms with Gasteiger partial charge in [0.2, 0.25) is 5.91 Å². The zero-order valence-corrected chi connectivity index (χ0v) is 10.8. The van der Waals surface area contributed by atoms with Crippen molar-refractivity contribution in [3.8, 4) is 5.75 Å². The molecule has 0 saturated carbocycles. The van der Waals surface area contributed by atoms with E-state index in [4.69, 9.17) is 10.5 Å². The SMILES string of the molecule is COc1ccc(N2CC(=O)N(C)C(CN)C2)cc1. The van der Waals surface area contributed by atoms with Gasteiger partial charge in [0.1, 0.15) is 5.75 Å². The highest BCUT2D eigenvalue weighted by Crippen LogP contribution is 2.21. The molecule has 1 aliphatic heterocycles. The zero-order chi connectivity index (χ0) is 13.1. The van der Waals surface area contributed by atoms with Crippen molar-refractivity contribution in [2.24, 2.45) is 5.73 Å². The van der Waals surface area contributed by atoms with Gasteiger partial charge in [0, 0.05) is 25.8 Å². The van der Waals surface area contributed by atoms with Gasteiger partial charge in [0.15, 0.2) is 0 Å². The third kappa shape index (κ3) is 2.41. The number of hydrogen-bond acceptors (Lipinski definition) is 4. The Morgan fingerprint density at radius 3 is 2.61 bits per heavy atom. The van der Waals surface area contributed by atoms with Crippen molar-refractivity contribution < 1.29 is 9.53 Å². The second kappa shape index (κ2) is 5.27. The van der Waals surface area contributed by atoms with E-state index in [0.717, 1.165) is 18.0 Å². The van der Waals surface area contributed by atoms with Crippen molar-refractivity contribution in [3.05, 3.63) is 24.3 Å². The first-order chi connectivity index (χ1) is 8.65. The lowest BCUT2D eigenvalue weighted by molar-refractivity contribution is -0.131. The van der Waals surface area contributed by atoms with Crippen molar-refractivity contribution in [3.63, 3.8) is 0 Å². The highest BCUT2D eigenvalue weighted by atomic mass is 16.5. The second-order valence-corrected chi connectivity index (χ2v) is 4.47. The first kappa shape index (κ1) is 12.7. The summed E-state index contributed by atoms with van der Waals surface area (Å²) in [6.45, 7) is 1.65. The smallest absolute Gasteiger partial charge is 0.242 e. The number of methoxy groups -OCH3 is 1. The molecule has 1 aromatic rings. The summed E-state index contributed by atoms with van der Waals surface area (Å²) in [5.41, 5.74) is 6.73. The number of hydrogen-bond donors (Lipinski definition) is 1. The van der Waals surface area contributed by atoms with Gasteiger partial charge in [-0.15, -0.1) is 0 Å². The van der Waals surface area contributed by atoms with Crippen LogP contribution < -0.4 is 15.4 Å². The number of nitrogens with zero attached hydrogens (tertiary/aromatic N) is 2. The summed E-state index contributed by atoms with van der Waals surface area (Å²) in [5.74, 6) is 0.919. The summed E-state index contributed by atoms with van der Waals surface area (Å²) in [7, 11) is 3.45. The van der Waals surface area contributed by atoms with Crippen molar-refractivity contribution in [2.75, 3.05) is 38.7 Å². The largest absolute Gasteiger partial charge is 0.497 e. The molecule has 1 aliphatic rings. The molecular weight excluding hydrogens is 230 g/mol.